The topological polar surface area (TPSA) is 84.6 Å². The first-order valence-corrected chi connectivity index (χ1v) is 13.0. The fourth-order valence-corrected chi connectivity index (χ4v) is 5.13. The number of carbonyl (C=O) groups excluding carboxylic acids is 1. The number of hydrogen-bond acceptors (Lipinski definition) is 6. The first-order valence-electron chi connectivity index (χ1n) is 12.2. The summed E-state index contributed by atoms with van der Waals surface area (Å²) in [6.07, 6.45) is 4.21. The van der Waals surface area contributed by atoms with Crippen LogP contribution in [0, 0.1) is 6.92 Å². The Morgan fingerprint density at radius 2 is 2.00 bits per heavy atom. The van der Waals surface area contributed by atoms with E-state index in [2.05, 4.69) is 10.3 Å². The number of allylic oxidation sites excluding steroid dienone is 1. The van der Waals surface area contributed by atoms with Crippen molar-refractivity contribution >= 4 is 28.2 Å². The molecule has 0 saturated carbocycles. The number of carbonyl (C=O) groups is 1. The molecule has 0 bridgehead atoms. The maximum atomic E-state index is 13.1. The fourth-order valence-electron chi connectivity index (χ4n) is 4.15. The Labute approximate surface area is 215 Å². The normalized spacial score (nSPS) is 12.9. The van der Waals surface area contributed by atoms with E-state index in [1.807, 2.05) is 76.2 Å². The van der Waals surface area contributed by atoms with Crippen molar-refractivity contribution in [2.75, 3.05) is 0 Å². The van der Waals surface area contributed by atoms with E-state index in [1.165, 1.54) is 11.3 Å². The number of nitrogens with zero attached hydrogens (tertiary/aromatic N) is 1. The van der Waals surface area contributed by atoms with Crippen LogP contribution in [-0.2, 0) is 17.7 Å². The number of aromatic nitrogens is 1. The lowest BCUT2D eigenvalue weighted by atomic mass is 10.0. The molecule has 6 nitrogen and oxygen atoms in total. The van der Waals surface area contributed by atoms with E-state index in [4.69, 9.17) is 9.15 Å². The van der Waals surface area contributed by atoms with Gasteiger partial charge in [0, 0.05) is 29.5 Å². The largest absolute Gasteiger partial charge is 0.510 e. The molecule has 0 aliphatic heterocycles. The van der Waals surface area contributed by atoms with E-state index in [0.29, 0.717) is 23.5 Å². The van der Waals surface area contributed by atoms with Crippen LogP contribution in [0.15, 0.2) is 71.0 Å². The van der Waals surface area contributed by atoms with Gasteiger partial charge < -0.3 is 19.6 Å². The van der Waals surface area contributed by atoms with Crippen molar-refractivity contribution in [3.63, 3.8) is 0 Å². The van der Waals surface area contributed by atoms with Gasteiger partial charge in [0.05, 0.1) is 18.1 Å². The van der Waals surface area contributed by atoms with Crippen molar-refractivity contribution in [3.8, 4) is 10.6 Å². The summed E-state index contributed by atoms with van der Waals surface area (Å²) >= 11 is 1.39. The monoisotopic (exact) mass is 504 g/mol. The van der Waals surface area contributed by atoms with Gasteiger partial charge in [0.2, 0.25) is 0 Å². The highest BCUT2D eigenvalue weighted by Gasteiger charge is 2.20. The van der Waals surface area contributed by atoms with Crippen LogP contribution in [0.3, 0.4) is 0 Å². The fraction of sp³-hybridized carbons (Fsp3) is 0.310. The summed E-state index contributed by atoms with van der Waals surface area (Å²) in [5, 5.41) is 15.3. The summed E-state index contributed by atoms with van der Waals surface area (Å²) in [5.41, 5.74) is 4.30. The maximum Gasteiger partial charge on any atom is 0.263 e. The van der Waals surface area contributed by atoms with E-state index in [-0.39, 0.29) is 17.8 Å². The lowest BCUT2D eigenvalue weighted by Gasteiger charge is -2.20. The minimum absolute atomic E-state index is 0.0257. The third kappa shape index (κ3) is 6.04. The van der Waals surface area contributed by atoms with Gasteiger partial charge in [-0.2, -0.15) is 0 Å². The molecule has 1 atom stereocenters. The van der Waals surface area contributed by atoms with Crippen molar-refractivity contribution in [2.45, 2.75) is 59.3 Å². The minimum Gasteiger partial charge on any atom is -0.510 e. The Hall–Kier alpha value is -3.42. The number of aliphatic hydroxyl groups is 1. The first-order chi connectivity index (χ1) is 17.4. The summed E-state index contributed by atoms with van der Waals surface area (Å²) in [5.74, 6) is 0.0741. The lowest BCUT2D eigenvalue weighted by Crippen LogP contribution is -2.24. The number of hydrogen-bond donors (Lipinski definition) is 2. The van der Waals surface area contributed by atoms with Gasteiger partial charge in [0.25, 0.3) is 5.91 Å². The number of aryl methyl sites for hydroxylation is 1. The molecule has 2 N–H and O–H groups in total. The Bertz CT molecular complexity index is 1350. The molecule has 188 valence electrons. The van der Waals surface area contributed by atoms with Gasteiger partial charge in [0.15, 0.2) is 0 Å². The standard InChI is InChI=1S/C29H32N2O4S/c1-5-9-24(32)25(35-18(2)3)16-20-14-22-12-13-34-26(22)23(15-20)17-30-28(33)27-19(4)31-29(36-27)21-10-7-6-8-11-21/h6-15,18,25,32H,5,16-17H2,1-4H3,(H,30,33)/b24-9+. The number of ether oxygens (including phenoxy) is 1. The van der Waals surface area contributed by atoms with Crippen LogP contribution in [0.1, 0.15) is 53.7 Å². The quantitative estimate of drug-likeness (QED) is 0.228. The number of benzene rings is 2. The molecule has 4 rings (SSSR count). The number of nitrogens with one attached hydrogen (secondary N) is 1. The average molecular weight is 505 g/mol. The minimum atomic E-state index is -0.437. The Morgan fingerprint density at radius 3 is 2.72 bits per heavy atom. The number of furan rings is 1. The molecule has 0 aliphatic rings. The molecule has 7 heteroatoms. The zero-order valence-corrected chi connectivity index (χ0v) is 21.9. The predicted molar refractivity (Wildman–Crippen MR) is 144 cm³/mol. The van der Waals surface area contributed by atoms with Gasteiger partial charge >= 0.3 is 0 Å². The summed E-state index contributed by atoms with van der Waals surface area (Å²) in [7, 11) is 0. The number of fused-ring (bicyclic) bond motifs is 1. The van der Waals surface area contributed by atoms with Gasteiger partial charge in [-0.05, 0) is 51.0 Å². The van der Waals surface area contributed by atoms with Crippen molar-refractivity contribution in [1.29, 1.82) is 0 Å². The number of rotatable bonds is 10. The van der Waals surface area contributed by atoms with E-state index in [9.17, 15) is 9.90 Å². The third-order valence-corrected chi connectivity index (χ3v) is 6.96. The molecule has 0 spiro atoms. The Kier molecular flexibility index (Phi) is 8.23. The SMILES string of the molecule is CC/C=C(/O)C(Cc1cc(CNC(=O)c2sc(-c3ccccc3)nc2C)c2occc2c1)OC(C)C. The van der Waals surface area contributed by atoms with Gasteiger partial charge in [0.1, 0.15) is 27.3 Å². The van der Waals surface area contributed by atoms with E-state index in [1.54, 1.807) is 12.3 Å². The second-order valence-electron chi connectivity index (χ2n) is 8.99. The maximum absolute atomic E-state index is 13.1. The van der Waals surface area contributed by atoms with Crippen LogP contribution in [0.25, 0.3) is 21.5 Å². The van der Waals surface area contributed by atoms with Crippen LogP contribution < -0.4 is 5.32 Å². The summed E-state index contributed by atoms with van der Waals surface area (Å²) in [6.45, 7) is 8.05. The average Bonchev–Trinajstić information content (AvgIpc) is 3.49. The highest BCUT2D eigenvalue weighted by Crippen LogP contribution is 2.28. The zero-order valence-electron chi connectivity index (χ0n) is 21.1. The van der Waals surface area contributed by atoms with E-state index in [0.717, 1.165) is 39.1 Å². The molecule has 1 unspecified atom stereocenters. The van der Waals surface area contributed by atoms with E-state index < -0.39 is 6.10 Å². The zero-order chi connectivity index (χ0) is 25.7. The van der Waals surface area contributed by atoms with Crippen molar-refractivity contribution < 1.29 is 19.1 Å². The van der Waals surface area contributed by atoms with Gasteiger partial charge in [-0.1, -0.05) is 43.3 Å². The van der Waals surface area contributed by atoms with Crippen LogP contribution >= 0.6 is 11.3 Å². The van der Waals surface area contributed by atoms with Crippen LogP contribution in [0.4, 0.5) is 0 Å². The molecule has 0 aliphatic carbocycles. The molecule has 4 aromatic rings. The highest BCUT2D eigenvalue weighted by atomic mass is 32.1. The molecular formula is C29H32N2O4S. The summed E-state index contributed by atoms with van der Waals surface area (Å²) in [6, 6.07) is 15.8. The number of aliphatic hydroxyl groups excluding tert-OH is 1. The molecular weight excluding hydrogens is 472 g/mol. The lowest BCUT2D eigenvalue weighted by molar-refractivity contribution is 0.00712. The molecule has 1 amide bonds. The number of amides is 1. The molecule has 0 fully saturated rings. The third-order valence-electron chi connectivity index (χ3n) is 5.75. The second kappa shape index (κ2) is 11.5. The first kappa shape index (κ1) is 25.7. The Morgan fingerprint density at radius 1 is 1.22 bits per heavy atom. The smallest absolute Gasteiger partial charge is 0.263 e. The van der Waals surface area contributed by atoms with Crippen LogP contribution in [0.2, 0.25) is 0 Å². The van der Waals surface area contributed by atoms with Crippen molar-refractivity contribution in [1.82, 2.24) is 10.3 Å². The predicted octanol–water partition coefficient (Wildman–Crippen LogP) is 6.98. The van der Waals surface area contributed by atoms with Crippen LogP contribution in [-0.4, -0.2) is 28.2 Å². The molecule has 0 radical (unpaired) electrons. The molecule has 2 aromatic carbocycles. The molecule has 0 saturated heterocycles. The van der Waals surface area contributed by atoms with Gasteiger partial charge in [-0.15, -0.1) is 11.3 Å². The van der Waals surface area contributed by atoms with Crippen molar-refractivity contribution in [3.05, 3.63) is 88.3 Å². The highest BCUT2D eigenvalue weighted by molar-refractivity contribution is 7.17. The van der Waals surface area contributed by atoms with Crippen molar-refractivity contribution in [2.24, 2.45) is 0 Å². The van der Waals surface area contributed by atoms with E-state index >= 15 is 0 Å². The molecule has 2 aromatic heterocycles. The second-order valence-corrected chi connectivity index (χ2v) is 9.99. The summed E-state index contributed by atoms with van der Waals surface area (Å²) in [4.78, 5) is 18.3. The molecule has 2 heterocycles. The number of thiazole rings is 1. The molecule has 36 heavy (non-hydrogen) atoms. The van der Waals surface area contributed by atoms with Gasteiger partial charge in [-0.25, -0.2) is 4.98 Å². The summed E-state index contributed by atoms with van der Waals surface area (Å²) < 4.78 is 11.7. The van der Waals surface area contributed by atoms with Gasteiger partial charge in [-0.3, -0.25) is 4.79 Å². The Balaban J connectivity index is 1.54. The van der Waals surface area contributed by atoms with Crippen LogP contribution in [0.5, 0.6) is 0 Å².